The van der Waals surface area contributed by atoms with Crippen LogP contribution in [-0.4, -0.2) is 22.6 Å². The Morgan fingerprint density at radius 1 is 1.06 bits per heavy atom. The van der Waals surface area contributed by atoms with Gasteiger partial charge >= 0.3 is 5.97 Å². The van der Waals surface area contributed by atoms with Crippen LogP contribution in [0.4, 0.5) is 0 Å². The van der Waals surface area contributed by atoms with Gasteiger partial charge in [-0.05, 0) is 43.4 Å². The Morgan fingerprint density at radius 3 is 2.76 bits per heavy atom. The number of pyridine rings is 1. The molecule has 0 spiro atoms. The Labute approximate surface area is 190 Å². The number of nitrogens with one attached hydrogen (secondary N) is 1. The van der Waals surface area contributed by atoms with E-state index in [4.69, 9.17) is 9.15 Å². The number of hydrazone groups is 1. The number of aromatic nitrogens is 1. The molecule has 0 saturated carbocycles. The predicted molar refractivity (Wildman–Crippen MR) is 124 cm³/mol. The summed E-state index contributed by atoms with van der Waals surface area (Å²) in [5.74, 6) is 0.403. The van der Waals surface area contributed by atoms with Crippen molar-refractivity contribution >= 4 is 28.4 Å². The lowest BCUT2D eigenvalue weighted by molar-refractivity contribution is 0.0700. The predicted octanol–water partition coefficient (Wildman–Crippen LogP) is 4.83. The number of carbonyl (C=O) groups excluding carboxylic acids is 2. The minimum Gasteiger partial charge on any atom is -0.453 e. The van der Waals surface area contributed by atoms with Crippen molar-refractivity contribution in [1.29, 1.82) is 0 Å². The molecular weight excluding hydrogens is 418 g/mol. The molecular formula is C26H21N3O4. The first-order chi connectivity index (χ1) is 16.1. The molecule has 1 amide bonds. The second kappa shape index (κ2) is 8.70. The fourth-order valence-electron chi connectivity index (χ4n) is 4.09. The van der Waals surface area contributed by atoms with Gasteiger partial charge in [-0.15, -0.1) is 0 Å². The number of aryl methyl sites for hydroxylation is 1. The number of benzene rings is 2. The number of furan rings is 1. The summed E-state index contributed by atoms with van der Waals surface area (Å²) in [6.45, 7) is 1.81. The highest BCUT2D eigenvalue weighted by atomic mass is 16.5. The first-order valence-electron chi connectivity index (χ1n) is 10.7. The molecule has 2 heterocycles. The van der Waals surface area contributed by atoms with Crippen molar-refractivity contribution < 1.29 is 18.7 Å². The van der Waals surface area contributed by atoms with Crippen LogP contribution in [0, 0.1) is 6.92 Å². The molecule has 4 aromatic rings. The third kappa shape index (κ3) is 4.01. The van der Waals surface area contributed by atoms with Gasteiger partial charge in [0, 0.05) is 35.3 Å². The summed E-state index contributed by atoms with van der Waals surface area (Å²) in [5, 5.41) is 6.17. The van der Waals surface area contributed by atoms with E-state index >= 15 is 0 Å². The zero-order valence-corrected chi connectivity index (χ0v) is 18.0. The molecule has 2 aromatic carbocycles. The maximum Gasteiger partial charge on any atom is 0.379 e. The van der Waals surface area contributed by atoms with Crippen LogP contribution in [0.15, 0.2) is 76.5 Å². The molecule has 0 bridgehead atoms. The summed E-state index contributed by atoms with van der Waals surface area (Å²) in [7, 11) is 0. The van der Waals surface area contributed by atoms with E-state index in [1.54, 1.807) is 24.4 Å². The molecule has 1 aliphatic carbocycles. The zero-order chi connectivity index (χ0) is 22.8. The summed E-state index contributed by atoms with van der Waals surface area (Å²) in [5.41, 5.74) is 5.10. The molecule has 0 fully saturated rings. The number of carbonyl (C=O) groups is 2. The van der Waals surface area contributed by atoms with Gasteiger partial charge < -0.3 is 9.15 Å². The molecule has 0 saturated heterocycles. The van der Waals surface area contributed by atoms with E-state index in [0.717, 1.165) is 22.8 Å². The highest BCUT2D eigenvalue weighted by Crippen LogP contribution is 2.32. The smallest absolute Gasteiger partial charge is 0.379 e. The topological polar surface area (TPSA) is 93.8 Å². The van der Waals surface area contributed by atoms with E-state index in [1.165, 1.54) is 6.20 Å². The second-order valence-corrected chi connectivity index (χ2v) is 7.82. The minimum absolute atomic E-state index is 0.154. The van der Waals surface area contributed by atoms with E-state index in [1.807, 2.05) is 43.3 Å². The SMILES string of the molecule is Cc1c(C(=O)Oc2cccc3ccccc23)oc2c1/C(=N/NC(=O)c1cccnc1)CCC2. The van der Waals surface area contributed by atoms with Crippen molar-refractivity contribution in [2.45, 2.75) is 26.2 Å². The quantitative estimate of drug-likeness (QED) is 0.279. The standard InChI is InChI=1S/C26H21N3O4/c1-16-23-20(28-29-25(30)18-9-6-14-27-15-18)11-5-13-22(23)32-24(16)26(31)33-21-12-4-8-17-7-2-3-10-19(17)21/h2-4,6-10,12,14-15H,5,11,13H2,1H3,(H,29,30)/b28-20+. The van der Waals surface area contributed by atoms with Gasteiger partial charge in [-0.3, -0.25) is 9.78 Å². The molecule has 7 heteroatoms. The number of fused-ring (bicyclic) bond motifs is 2. The number of nitrogens with zero attached hydrogens (tertiary/aromatic N) is 2. The summed E-state index contributed by atoms with van der Waals surface area (Å²) in [6.07, 6.45) is 5.24. The van der Waals surface area contributed by atoms with Gasteiger partial charge in [-0.1, -0.05) is 36.4 Å². The molecule has 33 heavy (non-hydrogen) atoms. The largest absolute Gasteiger partial charge is 0.453 e. The lowest BCUT2D eigenvalue weighted by atomic mass is 9.93. The maximum atomic E-state index is 13.0. The normalized spacial score (nSPS) is 14.2. The molecule has 164 valence electrons. The number of hydrogen-bond acceptors (Lipinski definition) is 6. The van der Waals surface area contributed by atoms with Crippen molar-refractivity contribution in [2.75, 3.05) is 0 Å². The van der Waals surface area contributed by atoms with Crippen LogP contribution < -0.4 is 10.2 Å². The van der Waals surface area contributed by atoms with Crippen molar-refractivity contribution in [3.05, 3.63) is 95.2 Å². The van der Waals surface area contributed by atoms with E-state index < -0.39 is 5.97 Å². The van der Waals surface area contributed by atoms with Gasteiger partial charge in [-0.25, -0.2) is 10.2 Å². The van der Waals surface area contributed by atoms with Crippen LogP contribution >= 0.6 is 0 Å². The molecule has 0 aliphatic heterocycles. The van der Waals surface area contributed by atoms with Crippen LogP contribution in [0.3, 0.4) is 0 Å². The Bertz CT molecular complexity index is 1380. The third-order valence-corrected chi connectivity index (χ3v) is 5.68. The highest BCUT2D eigenvalue weighted by molar-refractivity contribution is 6.07. The third-order valence-electron chi connectivity index (χ3n) is 5.68. The van der Waals surface area contributed by atoms with E-state index in [2.05, 4.69) is 15.5 Å². The van der Waals surface area contributed by atoms with E-state index in [0.29, 0.717) is 41.2 Å². The Hall–Kier alpha value is -4.26. The number of esters is 1. The van der Waals surface area contributed by atoms with Crippen LogP contribution in [0.5, 0.6) is 5.75 Å². The van der Waals surface area contributed by atoms with Crippen molar-refractivity contribution in [3.8, 4) is 5.75 Å². The Balaban J connectivity index is 1.41. The van der Waals surface area contributed by atoms with Gasteiger partial charge in [-0.2, -0.15) is 5.10 Å². The lowest BCUT2D eigenvalue weighted by Crippen LogP contribution is -2.22. The summed E-state index contributed by atoms with van der Waals surface area (Å²) < 4.78 is 11.6. The Morgan fingerprint density at radius 2 is 1.91 bits per heavy atom. The van der Waals surface area contributed by atoms with Crippen LogP contribution in [0.1, 0.15) is 50.6 Å². The number of ether oxygens (including phenoxy) is 1. The average molecular weight is 439 g/mol. The molecule has 2 aromatic heterocycles. The molecule has 7 nitrogen and oxygen atoms in total. The summed E-state index contributed by atoms with van der Waals surface area (Å²) in [4.78, 5) is 29.3. The highest BCUT2D eigenvalue weighted by Gasteiger charge is 2.29. The minimum atomic E-state index is -0.558. The maximum absolute atomic E-state index is 13.0. The van der Waals surface area contributed by atoms with Gasteiger partial charge in [0.15, 0.2) is 0 Å². The van der Waals surface area contributed by atoms with Crippen LogP contribution in [-0.2, 0) is 6.42 Å². The molecule has 0 unspecified atom stereocenters. The van der Waals surface area contributed by atoms with Crippen molar-refractivity contribution in [3.63, 3.8) is 0 Å². The number of amides is 1. The molecule has 0 radical (unpaired) electrons. The zero-order valence-electron chi connectivity index (χ0n) is 18.0. The fourth-order valence-corrected chi connectivity index (χ4v) is 4.09. The van der Waals surface area contributed by atoms with Gasteiger partial charge in [0.1, 0.15) is 11.5 Å². The molecule has 1 N–H and O–H groups in total. The van der Waals surface area contributed by atoms with Gasteiger partial charge in [0.05, 0.1) is 11.3 Å². The van der Waals surface area contributed by atoms with Crippen LogP contribution in [0.2, 0.25) is 0 Å². The summed E-state index contributed by atoms with van der Waals surface area (Å²) in [6, 6.07) is 16.6. The number of rotatable bonds is 4. The van der Waals surface area contributed by atoms with Gasteiger partial charge in [0.25, 0.3) is 5.91 Å². The molecule has 1 aliphatic rings. The van der Waals surface area contributed by atoms with E-state index in [9.17, 15) is 9.59 Å². The lowest BCUT2D eigenvalue weighted by Gasteiger charge is -2.13. The summed E-state index contributed by atoms with van der Waals surface area (Å²) >= 11 is 0. The molecule has 5 rings (SSSR count). The first-order valence-corrected chi connectivity index (χ1v) is 10.7. The second-order valence-electron chi connectivity index (χ2n) is 7.82. The Kier molecular flexibility index (Phi) is 5.44. The monoisotopic (exact) mass is 439 g/mol. The van der Waals surface area contributed by atoms with Gasteiger partial charge in [0.2, 0.25) is 5.76 Å². The van der Waals surface area contributed by atoms with Crippen molar-refractivity contribution in [2.24, 2.45) is 5.10 Å². The van der Waals surface area contributed by atoms with E-state index in [-0.39, 0.29) is 11.7 Å². The number of hydrogen-bond donors (Lipinski definition) is 1. The fraction of sp³-hybridized carbons (Fsp3) is 0.154. The van der Waals surface area contributed by atoms with Crippen LogP contribution in [0.25, 0.3) is 10.8 Å². The first kappa shape index (κ1) is 20.6. The average Bonchev–Trinajstić information content (AvgIpc) is 3.20. The molecule has 0 atom stereocenters. The van der Waals surface area contributed by atoms with Crippen molar-refractivity contribution in [1.82, 2.24) is 10.4 Å².